The molecule has 0 aromatic heterocycles. The Balaban J connectivity index is 2.78. The van der Waals surface area contributed by atoms with Crippen LogP contribution in [0.25, 0.3) is 0 Å². The molecule has 0 amide bonds. The van der Waals surface area contributed by atoms with E-state index in [9.17, 15) is 9.18 Å². The number of hydrogen-bond donors (Lipinski definition) is 0. The average molecular weight is 196 g/mol. The van der Waals surface area contributed by atoms with Crippen molar-refractivity contribution in [2.24, 2.45) is 0 Å². The van der Waals surface area contributed by atoms with Crippen LogP contribution in [0.5, 0.6) is 0 Å². The maximum absolute atomic E-state index is 12.6. The van der Waals surface area contributed by atoms with Crippen molar-refractivity contribution in [2.75, 3.05) is 0 Å². The van der Waals surface area contributed by atoms with E-state index in [1.165, 1.54) is 19.1 Å². The predicted molar refractivity (Wildman–Crippen MR) is 51.2 cm³/mol. The molecule has 2 nitrogen and oxygen atoms in total. The predicted octanol–water partition coefficient (Wildman–Crippen LogP) is 2.84. The Hall–Kier alpha value is -1.38. The Labute approximate surface area is 82.7 Å². The quantitative estimate of drug-likeness (QED) is 0.695. The van der Waals surface area contributed by atoms with Crippen LogP contribution in [0.2, 0.25) is 0 Å². The zero-order valence-electron chi connectivity index (χ0n) is 8.29. The molecule has 1 aromatic rings. The van der Waals surface area contributed by atoms with Gasteiger partial charge in [-0.2, -0.15) is 0 Å². The summed E-state index contributed by atoms with van der Waals surface area (Å²) in [6.07, 6.45) is 0.415. The highest BCUT2D eigenvalue weighted by Gasteiger charge is 2.11. The van der Waals surface area contributed by atoms with Crippen molar-refractivity contribution in [3.8, 4) is 0 Å². The van der Waals surface area contributed by atoms with E-state index in [1.807, 2.05) is 6.92 Å². The first-order chi connectivity index (χ1) is 6.63. The third-order valence-corrected chi connectivity index (χ3v) is 1.92. The van der Waals surface area contributed by atoms with Gasteiger partial charge in [0, 0.05) is 6.92 Å². The van der Waals surface area contributed by atoms with E-state index in [0.717, 1.165) is 5.56 Å². The molecule has 1 rings (SSSR count). The second-order valence-corrected chi connectivity index (χ2v) is 3.06. The monoisotopic (exact) mass is 196 g/mol. The summed E-state index contributed by atoms with van der Waals surface area (Å²) < 4.78 is 17.7. The van der Waals surface area contributed by atoms with E-state index in [-0.39, 0.29) is 17.9 Å². The van der Waals surface area contributed by atoms with E-state index in [2.05, 4.69) is 0 Å². The molecule has 0 bridgehead atoms. The molecule has 0 saturated carbocycles. The highest BCUT2D eigenvalue weighted by molar-refractivity contribution is 5.66. The minimum absolute atomic E-state index is 0.270. The topological polar surface area (TPSA) is 26.3 Å². The van der Waals surface area contributed by atoms with Crippen molar-refractivity contribution in [2.45, 2.75) is 26.4 Å². The van der Waals surface area contributed by atoms with Gasteiger partial charge in [0.25, 0.3) is 0 Å². The molecule has 3 heteroatoms. The second-order valence-electron chi connectivity index (χ2n) is 3.06. The summed E-state index contributed by atoms with van der Waals surface area (Å²) in [6.45, 7) is 3.28. The first-order valence-electron chi connectivity index (χ1n) is 4.56. The minimum atomic E-state index is -0.318. The summed E-state index contributed by atoms with van der Waals surface area (Å²) in [6, 6.07) is 5.99. The highest BCUT2D eigenvalue weighted by Crippen LogP contribution is 2.21. The zero-order chi connectivity index (χ0) is 10.6. The number of benzene rings is 1. The number of hydrogen-bond acceptors (Lipinski definition) is 2. The Morgan fingerprint density at radius 3 is 2.43 bits per heavy atom. The van der Waals surface area contributed by atoms with Gasteiger partial charge in [-0.05, 0) is 24.1 Å². The maximum Gasteiger partial charge on any atom is 0.303 e. The lowest BCUT2D eigenvalue weighted by atomic mass is 10.1. The molecule has 0 spiro atoms. The van der Waals surface area contributed by atoms with Crippen LogP contribution in [-0.4, -0.2) is 5.97 Å². The first kappa shape index (κ1) is 10.7. The van der Waals surface area contributed by atoms with Crippen LogP contribution >= 0.6 is 0 Å². The molecule has 0 fully saturated rings. The Morgan fingerprint density at radius 2 is 2.00 bits per heavy atom. The Bertz CT molecular complexity index is 306. The summed E-state index contributed by atoms with van der Waals surface area (Å²) in [5.74, 6) is -0.604. The minimum Gasteiger partial charge on any atom is -0.458 e. The molecule has 0 aliphatic heterocycles. The van der Waals surface area contributed by atoms with Crippen LogP contribution in [-0.2, 0) is 9.53 Å². The van der Waals surface area contributed by atoms with Crippen LogP contribution in [0.4, 0.5) is 4.39 Å². The van der Waals surface area contributed by atoms with Crippen LogP contribution < -0.4 is 0 Å². The standard InChI is InChI=1S/C11H13FO2/c1-3-11(14-8(2)13)9-4-6-10(12)7-5-9/h4-7,11H,3H2,1-2H3/t11-/m0/s1. The maximum atomic E-state index is 12.6. The third kappa shape index (κ3) is 2.83. The van der Waals surface area contributed by atoms with Gasteiger partial charge in [0.2, 0.25) is 0 Å². The SMILES string of the molecule is CC[C@H](OC(C)=O)c1ccc(F)cc1. The van der Waals surface area contributed by atoms with E-state index in [1.54, 1.807) is 12.1 Å². The fraction of sp³-hybridized carbons (Fsp3) is 0.364. The van der Waals surface area contributed by atoms with Crippen molar-refractivity contribution in [3.05, 3.63) is 35.6 Å². The number of carbonyl (C=O) groups is 1. The van der Waals surface area contributed by atoms with Crippen molar-refractivity contribution in [1.82, 2.24) is 0 Å². The summed E-state index contributed by atoms with van der Waals surface area (Å²) in [7, 11) is 0. The van der Waals surface area contributed by atoms with Crippen LogP contribution in [0, 0.1) is 5.82 Å². The van der Waals surface area contributed by atoms with Crippen LogP contribution in [0.15, 0.2) is 24.3 Å². The van der Waals surface area contributed by atoms with Crippen molar-refractivity contribution < 1.29 is 13.9 Å². The average Bonchev–Trinajstić information content (AvgIpc) is 2.15. The fourth-order valence-electron chi connectivity index (χ4n) is 1.26. The van der Waals surface area contributed by atoms with Crippen molar-refractivity contribution in [1.29, 1.82) is 0 Å². The Morgan fingerprint density at radius 1 is 1.43 bits per heavy atom. The molecule has 0 aliphatic rings. The lowest BCUT2D eigenvalue weighted by Gasteiger charge is -2.14. The van der Waals surface area contributed by atoms with Gasteiger partial charge in [-0.1, -0.05) is 19.1 Å². The third-order valence-electron chi connectivity index (χ3n) is 1.92. The molecule has 0 N–H and O–H groups in total. The summed E-state index contributed by atoms with van der Waals surface area (Å²) >= 11 is 0. The van der Waals surface area contributed by atoms with Gasteiger partial charge in [-0.15, -0.1) is 0 Å². The normalized spacial score (nSPS) is 12.2. The van der Waals surface area contributed by atoms with Gasteiger partial charge in [0.15, 0.2) is 0 Å². The lowest BCUT2D eigenvalue weighted by Crippen LogP contribution is -2.07. The second kappa shape index (κ2) is 4.74. The van der Waals surface area contributed by atoms with Gasteiger partial charge < -0.3 is 4.74 Å². The number of esters is 1. The largest absolute Gasteiger partial charge is 0.458 e. The molecule has 0 radical (unpaired) electrons. The number of rotatable bonds is 3. The number of ether oxygens (including phenoxy) is 1. The van der Waals surface area contributed by atoms with Crippen molar-refractivity contribution >= 4 is 5.97 Å². The summed E-state index contributed by atoms with van der Waals surface area (Å²) in [5.41, 5.74) is 0.823. The molecule has 1 aromatic carbocycles. The molecule has 14 heavy (non-hydrogen) atoms. The lowest BCUT2D eigenvalue weighted by molar-refractivity contribution is -0.146. The van der Waals surface area contributed by atoms with Gasteiger partial charge in [-0.3, -0.25) is 4.79 Å². The molecule has 0 saturated heterocycles. The molecule has 76 valence electrons. The van der Waals surface area contributed by atoms with Gasteiger partial charge in [-0.25, -0.2) is 4.39 Å². The highest BCUT2D eigenvalue weighted by atomic mass is 19.1. The Kier molecular flexibility index (Phi) is 3.63. The van der Waals surface area contributed by atoms with E-state index >= 15 is 0 Å². The van der Waals surface area contributed by atoms with Gasteiger partial charge in [0.1, 0.15) is 11.9 Å². The van der Waals surface area contributed by atoms with E-state index in [0.29, 0.717) is 6.42 Å². The van der Waals surface area contributed by atoms with Crippen LogP contribution in [0.1, 0.15) is 31.9 Å². The molecule has 0 unspecified atom stereocenters. The van der Waals surface area contributed by atoms with Gasteiger partial charge in [0.05, 0.1) is 0 Å². The first-order valence-corrected chi connectivity index (χ1v) is 4.56. The zero-order valence-corrected chi connectivity index (χ0v) is 8.29. The van der Waals surface area contributed by atoms with Gasteiger partial charge >= 0.3 is 5.97 Å². The summed E-state index contributed by atoms with van der Waals surface area (Å²) in [4.78, 5) is 10.8. The molecular formula is C11H13FO2. The van der Waals surface area contributed by atoms with Crippen LogP contribution in [0.3, 0.4) is 0 Å². The number of halogens is 1. The van der Waals surface area contributed by atoms with E-state index in [4.69, 9.17) is 4.74 Å². The molecule has 0 heterocycles. The molecular weight excluding hydrogens is 183 g/mol. The molecule has 1 atom stereocenters. The fourth-order valence-corrected chi connectivity index (χ4v) is 1.26. The smallest absolute Gasteiger partial charge is 0.303 e. The number of carbonyl (C=O) groups excluding carboxylic acids is 1. The summed E-state index contributed by atoms with van der Waals surface area (Å²) in [5, 5.41) is 0. The van der Waals surface area contributed by atoms with E-state index < -0.39 is 0 Å². The molecule has 0 aliphatic carbocycles. The van der Waals surface area contributed by atoms with Crippen molar-refractivity contribution in [3.63, 3.8) is 0 Å².